The van der Waals surface area contributed by atoms with Crippen molar-refractivity contribution in [2.75, 3.05) is 0 Å². The number of para-hydroxylation sites is 1. The van der Waals surface area contributed by atoms with Crippen LogP contribution in [0.5, 0.6) is 0 Å². The molecule has 0 aliphatic heterocycles. The normalized spacial score (nSPS) is 11.0. The number of benzene rings is 2. The van der Waals surface area contributed by atoms with Crippen LogP contribution in [0.1, 0.15) is 28.0 Å². The largest absolute Gasteiger partial charge is 0.345 e. The van der Waals surface area contributed by atoms with Crippen molar-refractivity contribution in [3.63, 3.8) is 0 Å². The van der Waals surface area contributed by atoms with Gasteiger partial charge in [0.15, 0.2) is 0 Å². The van der Waals surface area contributed by atoms with Gasteiger partial charge in [0.1, 0.15) is 10.8 Å². The number of hydrogen-bond acceptors (Lipinski definition) is 4. The summed E-state index contributed by atoms with van der Waals surface area (Å²) in [5.41, 5.74) is 2.95. The Morgan fingerprint density at radius 2 is 1.96 bits per heavy atom. The van der Waals surface area contributed by atoms with E-state index in [1.807, 2.05) is 31.2 Å². The van der Waals surface area contributed by atoms with E-state index >= 15 is 0 Å². The Labute approximate surface area is 159 Å². The molecule has 0 spiro atoms. The Hall–Kier alpha value is -3.06. The zero-order valence-electron chi connectivity index (χ0n) is 14.6. The molecule has 0 aliphatic rings. The molecule has 1 N–H and O–H groups in total. The molecule has 0 saturated heterocycles. The van der Waals surface area contributed by atoms with Gasteiger partial charge in [-0.3, -0.25) is 4.79 Å². The van der Waals surface area contributed by atoms with Crippen LogP contribution in [0.3, 0.4) is 0 Å². The lowest BCUT2D eigenvalue weighted by Crippen LogP contribution is -2.23. The second kappa shape index (κ2) is 7.28. The van der Waals surface area contributed by atoms with E-state index in [1.165, 1.54) is 12.1 Å². The maximum absolute atomic E-state index is 13.2. The van der Waals surface area contributed by atoms with Crippen LogP contribution in [0.2, 0.25) is 0 Å². The van der Waals surface area contributed by atoms with Gasteiger partial charge in [-0.25, -0.2) is 14.1 Å². The smallest absolute Gasteiger partial charge is 0.255 e. The van der Waals surface area contributed by atoms with Crippen LogP contribution in [-0.4, -0.2) is 20.7 Å². The van der Waals surface area contributed by atoms with Crippen LogP contribution in [0, 0.1) is 5.82 Å². The van der Waals surface area contributed by atoms with E-state index in [0.29, 0.717) is 18.5 Å². The first-order valence-corrected chi connectivity index (χ1v) is 9.43. The third kappa shape index (κ3) is 3.46. The standard InChI is InChI=1S/C20H17FN4OS/c1-2-17-15(11-23-25(17)14-9-7-13(21)8-10-14)20(26)22-12-19-24-16-5-3-4-6-18(16)27-19/h3-11H,2,12H2,1H3,(H,22,26). The first kappa shape index (κ1) is 17.4. The van der Waals surface area contributed by atoms with Gasteiger partial charge in [-0.05, 0) is 42.8 Å². The fourth-order valence-electron chi connectivity index (χ4n) is 2.96. The van der Waals surface area contributed by atoms with Crippen LogP contribution in [0.15, 0.2) is 54.7 Å². The van der Waals surface area contributed by atoms with Crippen molar-refractivity contribution in [3.05, 3.63) is 76.8 Å². The Balaban J connectivity index is 1.54. The molecule has 1 amide bonds. The van der Waals surface area contributed by atoms with Crippen LogP contribution in [0.25, 0.3) is 15.9 Å². The van der Waals surface area contributed by atoms with Crippen molar-refractivity contribution >= 4 is 27.5 Å². The van der Waals surface area contributed by atoms with Crippen LogP contribution in [0.4, 0.5) is 4.39 Å². The molecule has 27 heavy (non-hydrogen) atoms. The average Bonchev–Trinajstić information content (AvgIpc) is 3.30. The Morgan fingerprint density at radius 1 is 1.19 bits per heavy atom. The van der Waals surface area contributed by atoms with Gasteiger partial charge in [0, 0.05) is 0 Å². The molecule has 4 aromatic rings. The zero-order chi connectivity index (χ0) is 18.8. The molecule has 2 aromatic carbocycles. The molecule has 0 aliphatic carbocycles. The predicted molar refractivity (Wildman–Crippen MR) is 104 cm³/mol. The Morgan fingerprint density at radius 3 is 2.70 bits per heavy atom. The summed E-state index contributed by atoms with van der Waals surface area (Å²) in [4.78, 5) is 17.2. The molecular formula is C20H17FN4OS. The summed E-state index contributed by atoms with van der Waals surface area (Å²) < 4.78 is 15.9. The molecule has 2 aromatic heterocycles. The van der Waals surface area contributed by atoms with Gasteiger partial charge in [-0.1, -0.05) is 19.1 Å². The average molecular weight is 380 g/mol. The van der Waals surface area contributed by atoms with E-state index in [9.17, 15) is 9.18 Å². The van der Waals surface area contributed by atoms with E-state index in [2.05, 4.69) is 15.4 Å². The SMILES string of the molecule is CCc1c(C(=O)NCc2nc3ccccc3s2)cnn1-c1ccc(F)cc1. The number of nitrogens with zero attached hydrogens (tertiary/aromatic N) is 3. The number of hydrogen-bond donors (Lipinski definition) is 1. The molecule has 136 valence electrons. The minimum atomic E-state index is -0.308. The number of thiazole rings is 1. The number of carbonyl (C=O) groups is 1. The van der Waals surface area contributed by atoms with E-state index in [4.69, 9.17) is 0 Å². The Bertz CT molecular complexity index is 1070. The van der Waals surface area contributed by atoms with Crippen molar-refractivity contribution < 1.29 is 9.18 Å². The van der Waals surface area contributed by atoms with E-state index in [-0.39, 0.29) is 11.7 Å². The van der Waals surface area contributed by atoms with Gasteiger partial charge >= 0.3 is 0 Å². The highest BCUT2D eigenvalue weighted by molar-refractivity contribution is 7.18. The third-order valence-corrected chi connectivity index (χ3v) is 5.29. The molecular weight excluding hydrogens is 363 g/mol. The van der Waals surface area contributed by atoms with Gasteiger partial charge in [-0.2, -0.15) is 5.10 Å². The summed E-state index contributed by atoms with van der Waals surface area (Å²) in [7, 11) is 0. The molecule has 4 rings (SSSR count). The van der Waals surface area contributed by atoms with Crippen LogP contribution >= 0.6 is 11.3 Å². The van der Waals surface area contributed by atoms with Gasteiger partial charge in [0.05, 0.1) is 39.9 Å². The second-order valence-corrected chi connectivity index (χ2v) is 7.12. The summed E-state index contributed by atoms with van der Waals surface area (Å²) in [6.07, 6.45) is 2.18. The highest BCUT2D eigenvalue weighted by Gasteiger charge is 2.17. The van der Waals surface area contributed by atoms with E-state index < -0.39 is 0 Å². The van der Waals surface area contributed by atoms with Gasteiger partial charge in [0.25, 0.3) is 5.91 Å². The number of amides is 1. The number of rotatable bonds is 5. The second-order valence-electron chi connectivity index (χ2n) is 6.00. The topological polar surface area (TPSA) is 59.8 Å². The molecule has 0 atom stereocenters. The molecule has 2 heterocycles. The molecule has 5 nitrogen and oxygen atoms in total. The highest BCUT2D eigenvalue weighted by Crippen LogP contribution is 2.22. The summed E-state index contributed by atoms with van der Waals surface area (Å²) >= 11 is 1.57. The number of nitrogens with one attached hydrogen (secondary N) is 1. The monoisotopic (exact) mass is 380 g/mol. The molecule has 0 radical (unpaired) electrons. The van der Waals surface area contributed by atoms with E-state index in [0.717, 1.165) is 26.6 Å². The fourth-order valence-corrected chi connectivity index (χ4v) is 3.86. The summed E-state index contributed by atoms with van der Waals surface area (Å²) in [6.45, 7) is 2.32. The number of halogens is 1. The summed E-state index contributed by atoms with van der Waals surface area (Å²) in [5.74, 6) is -0.503. The molecule has 0 saturated carbocycles. The number of aromatic nitrogens is 3. The first-order chi connectivity index (χ1) is 13.2. The van der Waals surface area contributed by atoms with E-state index in [1.54, 1.807) is 34.3 Å². The molecule has 0 bridgehead atoms. The molecule has 7 heteroatoms. The molecule has 0 fully saturated rings. The minimum absolute atomic E-state index is 0.195. The Kier molecular flexibility index (Phi) is 4.68. The van der Waals surface area contributed by atoms with Crippen molar-refractivity contribution in [1.29, 1.82) is 0 Å². The first-order valence-electron chi connectivity index (χ1n) is 8.61. The highest BCUT2D eigenvalue weighted by atomic mass is 32.1. The summed E-state index contributed by atoms with van der Waals surface area (Å²) in [6, 6.07) is 13.9. The van der Waals surface area contributed by atoms with Gasteiger partial charge < -0.3 is 5.32 Å². The lowest BCUT2D eigenvalue weighted by Gasteiger charge is -2.08. The maximum atomic E-state index is 13.2. The van der Waals surface area contributed by atoms with Gasteiger partial charge in [0.2, 0.25) is 0 Å². The third-order valence-electron chi connectivity index (χ3n) is 4.26. The van der Waals surface area contributed by atoms with Crippen LogP contribution < -0.4 is 5.32 Å². The zero-order valence-corrected chi connectivity index (χ0v) is 15.5. The van der Waals surface area contributed by atoms with Crippen molar-refractivity contribution in [2.45, 2.75) is 19.9 Å². The quantitative estimate of drug-likeness (QED) is 0.567. The van der Waals surface area contributed by atoms with Crippen molar-refractivity contribution in [3.8, 4) is 5.69 Å². The number of carbonyl (C=O) groups excluding carboxylic acids is 1. The lowest BCUT2D eigenvalue weighted by molar-refractivity contribution is 0.0950. The van der Waals surface area contributed by atoms with Crippen molar-refractivity contribution in [2.24, 2.45) is 0 Å². The summed E-state index contributed by atoms with van der Waals surface area (Å²) in [5, 5.41) is 8.09. The maximum Gasteiger partial charge on any atom is 0.255 e. The number of fused-ring (bicyclic) bond motifs is 1. The fraction of sp³-hybridized carbons (Fsp3) is 0.150. The predicted octanol–water partition coefficient (Wildman–Crippen LogP) is 4.11. The lowest BCUT2D eigenvalue weighted by atomic mass is 10.2. The van der Waals surface area contributed by atoms with Gasteiger partial charge in [-0.15, -0.1) is 11.3 Å². The minimum Gasteiger partial charge on any atom is -0.345 e. The van der Waals surface area contributed by atoms with Crippen molar-refractivity contribution in [1.82, 2.24) is 20.1 Å². The molecule has 0 unspecified atom stereocenters. The van der Waals surface area contributed by atoms with Crippen LogP contribution in [-0.2, 0) is 13.0 Å².